The minimum atomic E-state index is -0.370. The number of halogens is 4. The van der Waals surface area contributed by atoms with Crippen LogP contribution in [0.3, 0.4) is 0 Å². The molecule has 0 spiro atoms. The molecule has 3 aromatic carbocycles. The Morgan fingerprint density at radius 2 is 1.39 bits per heavy atom. The maximum atomic E-state index is 12.9. The number of rotatable bonds is 5. The number of benzene rings is 3. The summed E-state index contributed by atoms with van der Waals surface area (Å²) in [6.07, 6.45) is 0.0476. The molecule has 142 valence electrons. The summed E-state index contributed by atoms with van der Waals surface area (Å²) in [5, 5.41) is 4.11. The van der Waals surface area contributed by atoms with Crippen LogP contribution in [0.15, 0.2) is 60.7 Å². The van der Waals surface area contributed by atoms with Crippen LogP contribution in [-0.2, 0) is 11.2 Å². The molecule has 0 heterocycles. The number of ketones is 1. The van der Waals surface area contributed by atoms with E-state index in [-0.39, 0.29) is 39.3 Å². The lowest BCUT2D eigenvalue weighted by Crippen LogP contribution is -2.15. The molecule has 0 aliphatic rings. The SMILES string of the molecule is O=C(Cc1ccc(Cl)c(C(=O)c2cc(Cl)ccc2Cl)c1)Nc1ccccc1Cl. The third-order valence-corrected chi connectivity index (χ3v) is 5.18. The molecule has 0 radical (unpaired) electrons. The number of carbonyl (C=O) groups is 2. The van der Waals surface area contributed by atoms with E-state index < -0.39 is 0 Å². The van der Waals surface area contributed by atoms with E-state index in [9.17, 15) is 9.59 Å². The van der Waals surface area contributed by atoms with Crippen LogP contribution >= 0.6 is 46.4 Å². The van der Waals surface area contributed by atoms with Gasteiger partial charge in [0.05, 0.1) is 27.2 Å². The zero-order chi connectivity index (χ0) is 20.3. The van der Waals surface area contributed by atoms with Gasteiger partial charge in [-0.05, 0) is 48.0 Å². The topological polar surface area (TPSA) is 46.2 Å². The maximum Gasteiger partial charge on any atom is 0.228 e. The molecule has 0 saturated heterocycles. The van der Waals surface area contributed by atoms with E-state index in [2.05, 4.69) is 5.32 Å². The number of hydrogen-bond acceptors (Lipinski definition) is 2. The number of nitrogens with one attached hydrogen (secondary N) is 1. The van der Waals surface area contributed by atoms with Crippen molar-refractivity contribution in [2.24, 2.45) is 0 Å². The first-order valence-electron chi connectivity index (χ1n) is 8.17. The van der Waals surface area contributed by atoms with Crippen molar-refractivity contribution in [2.45, 2.75) is 6.42 Å². The summed E-state index contributed by atoms with van der Waals surface area (Å²) in [4.78, 5) is 25.2. The predicted molar refractivity (Wildman–Crippen MR) is 115 cm³/mol. The van der Waals surface area contributed by atoms with Crippen LogP contribution in [0.5, 0.6) is 0 Å². The molecule has 3 aromatic rings. The molecule has 3 nitrogen and oxygen atoms in total. The molecule has 0 fully saturated rings. The summed E-state index contributed by atoms with van der Waals surface area (Å²) >= 11 is 24.4. The van der Waals surface area contributed by atoms with Gasteiger partial charge in [0.1, 0.15) is 0 Å². The normalized spacial score (nSPS) is 10.6. The average Bonchev–Trinajstić information content (AvgIpc) is 2.66. The Balaban J connectivity index is 1.83. The summed E-state index contributed by atoms with van der Waals surface area (Å²) in [5.41, 5.74) is 1.63. The van der Waals surface area contributed by atoms with E-state index in [1.54, 1.807) is 54.6 Å². The monoisotopic (exact) mass is 451 g/mol. The summed E-state index contributed by atoms with van der Waals surface area (Å²) in [6, 6.07) is 16.4. The van der Waals surface area contributed by atoms with Gasteiger partial charge in [0.2, 0.25) is 5.91 Å². The predicted octanol–water partition coefficient (Wildman–Crippen LogP) is 6.71. The lowest BCUT2D eigenvalue weighted by molar-refractivity contribution is -0.115. The van der Waals surface area contributed by atoms with Crippen molar-refractivity contribution in [1.29, 1.82) is 0 Å². The fourth-order valence-corrected chi connectivity index (χ4v) is 3.38. The van der Waals surface area contributed by atoms with Crippen LogP contribution in [0.4, 0.5) is 5.69 Å². The largest absolute Gasteiger partial charge is 0.324 e. The summed E-state index contributed by atoms with van der Waals surface area (Å²) in [5.74, 6) is -0.638. The van der Waals surface area contributed by atoms with Crippen LogP contribution < -0.4 is 5.32 Å². The van der Waals surface area contributed by atoms with Gasteiger partial charge in [-0.25, -0.2) is 0 Å². The Bertz CT molecular complexity index is 1070. The molecule has 3 rings (SSSR count). The fourth-order valence-electron chi connectivity index (χ4n) is 2.62. The second kappa shape index (κ2) is 8.97. The molecule has 7 heteroatoms. The van der Waals surface area contributed by atoms with Crippen molar-refractivity contribution >= 4 is 63.8 Å². The third-order valence-electron chi connectivity index (χ3n) is 3.96. The number of hydrogen-bond donors (Lipinski definition) is 1. The molecule has 0 saturated carbocycles. The first-order chi connectivity index (χ1) is 13.3. The average molecular weight is 453 g/mol. The van der Waals surface area contributed by atoms with Gasteiger partial charge in [-0.2, -0.15) is 0 Å². The zero-order valence-electron chi connectivity index (χ0n) is 14.3. The lowest BCUT2D eigenvalue weighted by Gasteiger charge is -2.10. The van der Waals surface area contributed by atoms with Crippen molar-refractivity contribution in [2.75, 3.05) is 5.32 Å². The number of anilines is 1. The first kappa shape index (κ1) is 20.7. The van der Waals surface area contributed by atoms with Gasteiger partial charge in [0, 0.05) is 16.1 Å². The van der Waals surface area contributed by atoms with Gasteiger partial charge < -0.3 is 5.32 Å². The molecule has 0 unspecified atom stereocenters. The molecule has 28 heavy (non-hydrogen) atoms. The van der Waals surface area contributed by atoms with Gasteiger partial charge in [0.25, 0.3) is 0 Å². The highest BCUT2D eigenvalue weighted by Crippen LogP contribution is 2.27. The van der Waals surface area contributed by atoms with Crippen molar-refractivity contribution in [1.82, 2.24) is 0 Å². The van der Waals surface area contributed by atoms with Crippen molar-refractivity contribution in [3.05, 3.63) is 97.4 Å². The maximum absolute atomic E-state index is 12.9. The Kier molecular flexibility index (Phi) is 6.63. The van der Waals surface area contributed by atoms with E-state index >= 15 is 0 Å². The summed E-state index contributed by atoms with van der Waals surface area (Å²) in [6.45, 7) is 0. The van der Waals surface area contributed by atoms with E-state index in [0.29, 0.717) is 21.3 Å². The molecule has 0 bridgehead atoms. The Hall–Kier alpha value is -2.04. The third kappa shape index (κ3) is 4.86. The second-order valence-electron chi connectivity index (χ2n) is 5.97. The van der Waals surface area contributed by atoms with Gasteiger partial charge in [0.15, 0.2) is 5.78 Å². The summed E-state index contributed by atoms with van der Waals surface area (Å²) in [7, 11) is 0. The van der Waals surface area contributed by atoms with Crippen molar-refractivity contribution < 1.29 is 9.59 Å². The van der Waals surface area contributed by atoms with Crippen LogP contribution in [0.25, 0.3) is 0 Å². The molecule has 0 aliphatic heterocycles. The Morgan fingerprint density at radius 3 is 2.11 bits per heavy atom. The van der Waals surface area contributed by atoms with Crippen LogP contribution in [0, 0.1) is 0 Å². The number of para-hydroxylation sites is 1. The molecule has 0 aliphatic carbocycles. The Labute approximate surface area is 182 Å². The minimum Gasteiger partial charge on any atom is -0.324 e. The van der Waals surface area contributed by atoms with Gasteiger partial charge in [-0.1, -0.05) is 64.6 Å². The van der Waals surface area contributed by atoms with Gasteiger partial charge in [-0.15, -0.1) is 0 Å². The zero-order valence-corrected chi connectivity index (χ0v) is 17.3. The highest BCUT2D eigenvalue weighted by atomic mass is 35.5. The van der Waals surface area contributed by atoms with Gasteiger partial charge in [-0.3, -0.25) is 9.59 Å². The number of amides is 1. The van der Waals surface area contributed by atoms with Crippen molar-refractivity contribution in [3.8, 4) is 0 Å². The van der Waals surface area contributed by atoms with E-state index in [4.69, 9.17) is 46.4 Å². The van der Waals surface area contributed by atoms with E-state index in [1.807, 2.05) is 0 Å². The van der Waals surface area contributed by atoms with Crippen LogP contribution in [0.2, 0.25) is 20.1 Å². The highest BCUT2D eigenvalue weighted by molar-refractivity contribution is 6.39. The number of carbonyl (C=O) groups excluding carboxylic acids is 2. The molecule has 1 amide bonds. The van der Waals surface area contributed by atoms with E-state index in [0.717, 1.165) is 0 Å². The molecule has 1 N–H and O–H groups in total. The molecular formula is C21H13Cl4NO2. The van der Waals surface area contributed by atoms with E-state index in [1.165, 1.54) is 6.07 Å². The highest BCUT2D eigenvalue weighted by Gasteiger charge is 2.18. The first-order valence-corrected chi connectivity index (χ1v) is 9.69. The molecule has 0 aromatic heterocycles. The quantitative estimate of drug-likeness (QED) is 0.437. The lowest BCUT2D eigenvalue weighted by atomic mass is 10.00. The fraction of sp³-hybridized carbons (Fsp3) is 0.0476. The van der Waals surface area contributed by atoms with Crippen molar-refractivity contribution in [3.63, 3.8) is 0 Å². The van der Waals surface area contributed by atoms with Gasteiger partial charge >= 0.3 is 0 Å². The summed E-state index contributed by atoms with van der Waals surface area (Å²) < 4.78 is 0. The minimum absolute atomic E-state index is 0.0476. The smallest absolute Gasteiger partial charge is 0.228 e. The molecule has 0 atom stereocenters. The second-order valence-corrected chi connectivity index (χ2v) is 7.63. The van der Waals surface area contributed by atoms with Crippen LogP contribution in [0.1, 0.15) is 21.5 Å². The standard InChI is InChI=1S/C21H13Cl4NO2/c22-13-6-8-17(24)15(11-13)21(28)14-9-12(5-7-16(14)23)10-20(27)26-19-4-2-1-3-18(19)25/h1-9,11H,10H2,(H,26,27). The van der Waals surface area contributed by atoms with Crippen LogP contribution in [-0.4, -0.2) is 11.7 Å². The molecular weight excluding hydrogens is 440 g/mol. The Morgan fingerprint density at radius 1 is 0.750 bits per heavy atom.